The van der Waals surface area contributed by atoms with Crippen LogP contribution in [0.25, 0.3) is 11.1 Å². The minimum Gasteiger partial charge on any atom is -0.443 e. The first-order valence-electron chi connectivity index (χ1n) is 5.16. The van der Waals surface area contributed by atoms with E-state index in [1.807, 2.05) is 52.8 Å². The summed E-state index contributed by atoms with van der Waals surface area (Å²) in [6.45, 7) is 10.0. The topological polar surface area (TPSA) is 26.0 Å². The van der Waals surface area contributed by atoms with Crippen LogP contribution in [0.1, 0.15) is 33.3 Å². The fraction of sp³-hybridized carbons (Fsp3) is 0.417. The average molecular weight is 193 g/mol. The Morgan fingerprint density at radius 1 is 1.07 bits per heavy atom. The average Bonchev–Trinajstić information content (AvgIpc) is 2.71. The molecule has 0 bridgehead atoms. The number of fused-ring (bicyclic) bond motifs is 1. The van der Waals surface area contributed by atoms with E-state index in [0.717, 1.165) is 11.1 Å². The Balaban J connectivity index is 0.000000379. The largest absolute Gasteiger partial charge is 0.443 e. The molecule has 2 nitrogen and oxygen atoms in total. The number of rotatable bonds is 0. The van der Waals surface area contributed by atoms with Crippen LogP contribution in [0.2, 0.25) is 0 Å². The van der Waals surface area contributed by atoms with E-state index >= 15 is 0 Å². The molecule has 0 amide bonds. The second kappa shape index (κ2) is 7.13. The van der Waals surface area contributed by atoms with E-state index in [0.29, 0.717) is 0 Å². The summed E-state index contributed by atoms with van der Waals surface area (Å²) in [5.74, 6) is 0. The van der Waals surface area contributed by atoms with Gasteiger partial charge in [0.05, 0.1) is 0 Å². The highest BCUT2D eigenvalue weighted by Gasteiger charge is 1.95. The van der Waals surface area contributed by atoms with Crippen LogP contribution in [-0.2, 0) is 0 Å². The molecule has 0 aliphatic heterocycles. The zero-order valence-electron chi connectivity index (χ0n) is 9.66. The van der Waals surface area contributed by atoms with Crippen molar-refractivity contribution < 1.29 is 4.42 Å². The van der Waals surface area contributed by atoms with Crippen LogP contribution in [0.15, 0.2) is 29.0 Å². The molecule has 1 aromatic carbocycles. The third kappa shape index (κ3) is 3.21. The van der Waals surface area contributed by atoms with Gasteiger partial charge < -0.3 is 4.42 Å². The highest BCUT2D eigenvalue weighted by atomic mass is 16.3. The zero-order valence-corrected chi connectivity index (χ0v) is 9.66. The van der Waals surface area contributed by atoms with Gasteiger partial charge in [-0.1, -0.05) is 33.8 Å². The molecule has 2 aromatic rings. The molecular formula is C12H19NO. The van der Waals surface area contributed by atoms with Crippen molar-refractivity contribution in [2.75, 3.05) is 0 Å². The van der Waals surface area contributed by atoms with E-state index in [2.05, 4.69) is 4.98 Å². The van der Waals surface area contributed by atoms with Crippen molar-refractivity contribution in [2.24, 2.45) is 0 Å². The van der Waals surface area contributed by atoms with E-state index in [9.17, 15) is 0 Å². The fourth-order valence-electron chi connectivity index (χ4n) is 0.962. The molecule has 0 aliphatic rings. The monoisotopic (exact) mass is 193 g/mol. The quantitative estimate of drug-likeness (QED) is 0.627. The maximum absolute atomic E-state index is 5.09. The lowest BCUT2D eigenvalue weighted by molar-refractivity contribution is 0.602. The summed E-state index contributed by atoms with van der Waals surface area (Å²) < 4.78 is 5.09. The minimum atomic E-state index is 0.861. The third-order valence-corrected chi connectivity index (χ3v) is 1.49. The molecule has 1 heterocycles. The number of hydrogen-bond donors (Lipinski definition) is 0. The van der Waals surface area contributed by atoms with E-state index in [1.165, 1.54) is 12.0 Å². The Bertz CT molecular complexity index is 352. The Labute approximate surface area is 86.0 Å². The van der Waals surface area contributed by atoms with Gasteiger partial charge >= 0.3 is 0 Å². The summed E-state index contributed by atoms with van der Waals surface area (Å²) in [4.78, 5) is 3.99. The van der Waals surface area contributed by atoms with Crippen molar-refractivity contribution in [1.29, 1.82) is 0 Å². The van der Waals surface area contributed by atoms with Crippen LogP contribution in [0.5, 0.6) is 0 Å². The van der Waals surface area contributed by atoms with E-state index in [-0.39, 0.29) is 0 Å². The Morgan fingerprint density at radius 3 is 2.36 bits per heavy atom. The first kappa shape index (κ1) is 12.7. The highest BCUT2D eigenvalue weighted by molar-refractivity contribution is 5.72. The molecule has 0 aliphatic carbocycles. The van der Waals surface area contributed by atoms with Crippen LogP contribution in [0, 0.1) is 6.92 Å². The van der Waals surface area contributed by atoms with Crippen LogP contribution in [0.3, 0.4) is 0 Å². The van der Waals surface area contributed by atoms with Crippen molar-refractivity contribution in [1.82, 2.24) is 4.98 Å². The molecule has 0 N–H and O–H groups in total. The Morgan fingerprint density at radius 2 is 1.71 bits per heavy atom. The van der Waals surface area contributed by atoms with Crippen molar-refractivity contribution in [3.8, 4) is 0 Å². The van der Waals surface area contributed by atoms with Crippen molar-refractivity contribution in [3.63, 3.8) is 0 Å². The molecule has 14 heavy (non-hydrogen) atoms. The fourth-order valence-corrected chi connectivity index (χ4v) is 0.962. The predicted molar refractivity (Wildman–Crippen MR) is 61.4 cm³/mol. The molecule has 78 valence electrons. The minimum absolute atomic E-state index is 0.861. The summed E-state index contributed by atoms with van der Waals surface area (Å²) in [7, 11) is 0. The summed E-state index contributed by atoms with van der Waals surface area (Å²) in [6.07, 6.45) is 1.46. The Kier molecular flexibility index (Phi) is 6.46. The second-order valence-corrected chi connectivity index (χ2v) is 2.32. The first-order chi connectivity index (χ1) is 6.86. The molecule has 0 radical (unpaired) electrons. The lowest BCUT2D eigenvalue weighted by Gasteiger charge is -1.87. The van der Waals surface area contributed by atoms with Gasteiger partial charge in [0, 0.05) is 0 Å². The van der Waals surface area contributed by atoms with Gasteiger partial charge in [0.25, 0.3) is 0 Å². The van der Waals surface area contributed by atoms with Gasteiger partial charge in [-0.15, -0.1) is 0 Å². The van der Waals surface area contributed by atoms with E-state index in [1.54, 1.807) is 0 Å². The maximum Gasteiger partial charge on any atom is 0.181 e. The smallest absolute Gasteiger partial charge is 0.181 e. The maximum atomic E-state index is 5.09. The lowest BCUT2D eigenvalue weighted by Crippen LogP contribution is -1.69. The van der Waals surface area contributed by atoms with Crippen molar-refractivity contribution >= 4 is 11.1 Å². The summed E-state index contributed by atoms with van der Waals surface area (Å²) in [6, 6.07) is 5.95. The van der Waals surface area contributed by atoms with Gasteiger partial charge in [-0.25, -0.2) is 4.98 Å². The molecule has 0 saturated carbocycles. The molecule has 0 unspecified atom stereocenters. The summed E-state index contributed by atoms with van der Waals surface area (Å²) >= 11 is 0. The number of aryl methyl sites for hydroxylation is 1. The third-order valence-electron chi connectivity index (χ3n) is 1.49. The van der Waals surface area contributed by atoms with Gasteiger partial charge in [0.2, 0.25) is 0 Å². The van der Waals surface area contributed by atoms with Crippen LogP contribution in [-0.4, -0.2) is 4.98 Å². The predicted octanol–water partition coefficient (Wildman–Crippen LogP) is 4.19. The van der Waals surface area contributed by atoms with E-state index in [4.69, 9.17) is 4.42 Å². The second-order valence-electron chi connectivity index (χ2n) is 2.32. The Hall–Kier alpha value is -1.31. The molecule has 0 saturated heterocycles. The molecule has 1 aromatic heterocycles. The van der Waals surface area contributed by atoms with Crippen LogP contribution >= 0.6 is 0 Å². The molecule has 2 heteroatoms. The first-order valence-corrected chi connectivity index (χ1v) is 5.16. The normalized spacial score (nSPS) is 8.36. The highest BCUT2D eigenvalue weighted by Crippen LogP contribution is 2.12. The zero-order chi connectivity index (χ0) is 11.0. The molecule has 2 rings (SSSR count). The molecule has 0 fully saturated rings. The SMILES string of the molecule is CC.CC.Cc1ccc2ncoc2c1. The van der Waals surface area contributed by atoms with Crippen molar-refractivity contribution in [3.05, 3.63) is 30.2 Å². The van der Waals surface area contributed by atoms with Gasteiger partial charge in [-0.05, 0) is 24.6 Å². The number of nitrogens with zero attached hydrogens (tertiary/aromatic N) is 1. The van der Waals surface area contributed by atoms with Gasteiger partial charge in [-0.3, -0.25) is 0 Å². The number of oxazole rings is 1. The van der Waals surface area contributed by atoms with Gasteiger partial charge in [0.1, 0.15) is 5.52 Å². The van der Waals surface area contributed by atoms with Crippen LogP contribution in [0.4, 0.5) is 0 Å². The van der Waals surface area contributed by atoms with E-state index < -0.39 is 0 Å². The number of benzene rings is 1. The van der Waals surface area contributed by atoms with Gasteiger partial charge in [-0.2, -0.15) is 0 Å². The molecular weight excluding hydrogens is 174 g/mol. The molecule has 0 atom stereocenters. The standard InChI is InChI=1S/C8H7NO.2C2H6/c1-6-2-3-7-8(4-6)10-5-9-7;2*1-2/h2-5H,1H3;2*1-2H3. The lowest BCUT2D eigenvalue weighted by atomic mass is 10.2. The molecule has 0 spiro atoms. The summed E-state index contributed by atoms with van der Waals surface area (Å²) in [5.41, 5.74) is 2.98. The van der Waals surface area contributed by atoms with Crippen LogP contribution < -0.4 is 0 Å². The van der Waals surface area contributed by atoms with Crippen molar-refractivity contribution in [2.45, 2.75) is 34.6 Å². The van der Waals surface area contributed by atoms with Gasteiger partial charge in [0.15, 0.2) is 12.0 Å². The number of aromatic nitrogens is 1. The number of hydrogen-bond acceptors (Lipinski definition) is 2. The summed E-state index contributed by atoms with van der Waals surface area (Å²) in [5, 5.41) is 0.